The molecule has 0 aromatic carbocycles. The van der Waals surface area contributed by atoms with Crippen molar-refractivity contribution >= 4 is 35.8 Å². The summed E-state index contributed by atoms with van der Waals surface area (Å²) < 4.78 is 0. The van der Waals surface area contributed by atoms with Crippen molar-refractivity contribution in [2.75, 3.05) is 33.2 Å². The maximum Gasteiger partial charge on any atom is 0.223 e. The number of piperidine rings is 1. The van der Waals surface area contributed by atoms with E-state index < -0.39 is 0 Å². The van der Waals surface area contributed by atoms with Crippen molar-refractivity contribution < 1.29 is 4.79 Å². The van der Waals surface area contributed by atoms with Gasteiger partial charge < -0.3 is 15.5 Å². The van der Waals surface area contributed by atoms with Gasteiger partial charge in [0, 0.05) is 39.1 Å². The summed E-state index contributed by atoms with van der Waals surface area (Å²) in [5.74, 6) is 2.89. The zero-order valence-electron chi connectivity index (χ0n) is 13.4. The Morgan fingerprint density at radius 1 is 1.14 bits per heavy atom. The Morgan fingerprint density at radius 3 is 2.24 bits per heavy atom. The third-order valence-corrected chi connectivity index (χ3v) is 4.04. The van der Waals surface area contributed by atoms with Crippen LogP contribution < -0.4 is 10.6 Å². The maximum atomic E-state index is 11.5. The molecule has 21 heavy (non-hydrogen) atoms. The van der Waals surface area contributed by atoms with Crippen LogP contribution in [0.4, 0.5) is 0 Å². The molecule has 2 fully saturated rings. The molecule has 0 bridgehead atoms. The van der Waals surface area contributed by atoms with E-state index in [2.05, 4.69) is 34.4 Å². The van der Waals surface area contributed by atoms with Gasteiger partial charge in [0.1, 0.15) is 0 Å². The molecule has 0 radical (unpaired) electrons. The highest BCUT2D eigenvalue weighted by atomic mass is 127. The Kier molecular flexibility index (Phi) is 7.76. The number of halogens is 1. The first-order valence-corrected chi connectivity index (χ1v) is 7.83. The van der Waals surface area contributed by atoms with Gasteiger partial charge in [0.05, 0.1) is 0 Å². The van der Waals surface area contributed by atoms with Crippen molar-refractivity contribution in [3.05, 3.63) is 0 Å². The SMILES string of the molecule is CN=C(NCCNC(=O)C1CC1)N1CC(C)CC(C)C1.I. The van der Waals surface area contributed by atoms with Gasteiger partial charge in [-0.05, 0) is 31.1 Å². The highest BCUT2D eigenvalue weighted by Gasteiger charge is 2.29. The van der Waals surface area contributed by atoms with Crippen LogP contribution in [0.2, 0.25) is 0 Å². The maximum absolute atomic E-state index is 11.5. The van der Waals surface area contributed by atoms with Crippen LogP contribution in [-0.2, 0) is 4.79 Å². The lowest BCUT2D eigenvalue weighted by Gasteiger charge is -2.37. The van der Waals surface area contributed by atoms with E-state index in [1.165, 1.54) is 6.42 Å². The molecule has 6 heteroatoms. The second kappa shape index (κ2) is 8.80. The summed E-state index contributed by atoms with van der Waals surface area (Å²) in [6.07, 6.45) is 3.42. The lowest BCUT2D eigenvalue weighted by atomic mass is 9.92. The number of aliphatic imine (C=N–C) groups is 1. The van der Waals surface area contributed by atoms with Gasteiger partial charge in [0.2, 0.25) is 5.91 Å². The number of carbonyl (C=O) groups excluding carboxylic acids is 1. The largest absolute Gasteiger partial charge is 0.354 e. The fraction of sp³-hybridized carbons (Fsp3) is 0.867. The van der Waals surface area contributed by atoms with Crippen molar-refractivity contribution in [1.29, 1.82) is 0 Å². The van der Waals surface area contributed by atoms with Crippen LogP contribution in [-0.4, -0.2) is 50.0 Å². The van der Waals surface area contributed by atoms with Crippen molar-refractivity contribution in [2.45, 2.75) is 33.1 Å². The van der Waals surface area contributed by atoms with E-state index in [0.29, 0.717) is 18.4 Å². The van der Waals surface area contributed by atoms with Crippen molar-refractivity contribution in [3.63, 3.8) is 0 Å². The van der Waals surface area contributed by atoms with Gasteiger partial charge >= 0.3 is 0 Å². The topological polar surface area (TPSA) is 56.7 Å². The summed E-state index contributed by atoms with van der Waals surface area (Å²) in [5.41, 5.74) is 0. The van der Waals surface area contributed by atoms with Crippen molar-refractivity contribution in [1.82, 2.24) is 15.5 Å². The van der Waals surface area contributed by atoms with E-state index in [9.17, 15) is 4.79 Å². The monoisotopic (exact) mass is 408 g/mol. The molecule has 2 unspecified atom stereocenters. The number of rotatable bonds is 4. The molecule has 1 aliphatic heterocycles. The number of hydrogen-bond acceptors (Lipinski definition) is 2. The zero-order valence-corrected chi connectivity index (χ0v) is 15.7. The third-order valence-electron chi connectivity index (χ3n) is 4.04. The fourth-order valence-corrected chi connectivity index (χ4v) is 3.02. The average molecular weight is 408 g/mol. The molecule has 1 saturated carbocycles. The van der Waals surface area contributed by atoms with Crippen LogP contribution in [0.25, 0.3) is 0 Å². The Morgan fingerprint density at radius 2 is 1.71 bits per heavy atom. The Balaban J connectivity index is 0.00000220. The lowest BCUT2D eigenvalue weighted by molar-refractivity contribution is -0.122. The molecule has 1 amide bonds. The predicted molar refractivity (Wildman–Crippen MR) is 97.0 cm³/mol. The lowest BCUT2D eigenvalue weighted by Crippen LogP contribution is -2.49. The molecule has 0 spiro atoms. The molecule has 1 heterocycles. The molecule has 2 N–H and O–H groups in total. The highest BCUT2D eigenvalue weighted by molar-refractivity contribution is 14.0. The summed E-state index contributed by atoms with van der Waals surface area (Å²) in [4.78, 5) is 18.2. The van der Waals surface area contributed by atoms with Crippen LogP contribution in [0, 0.1) is 17.8 Å². The predicted octanol–water partition coefficient (Wildman–Crippen LogP) is 1.68. The number of carbonyl (C=O) groups is 1. The van der Waals surface area contributed by atoms with E-state index in [4.69, 9.17) is 0 Å². The number of nitrogens with zero attached hydrogens (tertiary/aromatic N) is 2. The van der Waals surface area contributed by atoms with Gasteiger partial charge in [-0.3, -0.25) is 9.79 Å². The van der Waals surface area contributed by atoms with Gasteiger partial charge in [-0.1, -0.05) is 13.8 Å². The van der Waals surface area contributed by atoms with Gasteiger partial charge in [-0.25, -0.2) is 0 Å². The Labute approximate surface area is 145 Å². The first-order valence-electron chi connectivity index (χ1n) is 7.83. The van der Waals surface area contributed by atoms with Gasteiger partial charge in [0.15, 0.2) is 5.96 Å². The second-order valence-electron chi connectivity index (χ2n) is 6.39. The van der Waals surface area contributed by atoms with Crippen molar-refractivity contribution in [3.8, 4) is 0 Å². The number of amides is 1. The second-order valence-corrected chi connectivity index (χ2v) is 6.39. The number of hydrogen-bond donors (Lipinski definition) is 2. The summed E-state index contributed by atoms with van der Waals surface area (Å²) in [6, 6.07) is 0. The van der Waals surface area contributed by atoms with E-state index >= 15 is 0 Å². The highest BCUT2D eigenvalue weighted by Crippen LogP contribution is 2.28. The van der Waals surface area contributed by atoms with E-state index in [-0.39, 0.29) is 35.8 Å². The molecule has 2 atom stereocenters. The number of likely N-dealkylation sites (tertiary alicyclic amines) is 1. The van der Waals surface area contributed by atoms with E-state index in [1.54, 1.807) is 0 Å². The molecule has 122 valence electrons. The molecule has 1 saturated heterocycles. The molecule has 0 aromatic heterocycles. The average Bonchev–Trinajstić information content (AvgIpc) is 3.21. The fourth-order valence-electron chi connectivity index (χ4n) is 3.02. The minimum absolute atomic E-state index is 0. The minimum Gasteiger partial charge on any atom is -0.354 e. The quantitative estimate of drug-likeness (QED) is 0.322. The van der Waals surface area contributed by atoms with Gasteiger partial charge in [-0.2, -0.15) is 0 Å². The van der Waals surface area contributed by atoms with Crippen LogP contribution in [0.5, 0.6) is 0 Å². The molecule has 1 aliphatic carbocycles. The molecular formula is C15H29IN4O. The smallest absolute Gasteiger partial charge is 0.223 e. The van der Waals surface area contributed by atoms with Gasteiger partial charge in [0.25, 0.3) is 0 Å². The molecule has 2 aliphatic rings. The summed E-state index contributed by atoms with van der Waals surface area (Å²) in [7, 11) is 1.83. The van der Waals surface area contributed by atoms with Crippen LogP contribution in [0.3, 0.4) is 0 Å². The van der Waals surface area contributed by atoms with E-state index in [1.807, 2.05) is 7.05 Å². The summed E-state index contributed by atoms with van der Waals surface area (Å²) in [6.45, 7) is 8.15. The Hall–Kier alpha value is -0.530. The molecular weight excluding hydrogens is 379 g/mol. The Bertz CT molecular complexity index is 361. The summed E-state index contributed by atoms with van der Waals surface area (Å²) >= 11 is 0. The normalized spacial score (nSPS) is 26.0. The molecule has 5 nitrogen and oxygen atoms in total. The standard InChI is InChI=1S/C15H28N4O.HI/c1-11-8-12(2)10-19(9-11)15(16-3)18-7-6-17-14(20)13-4-5-13;/h11-13H,4-10H2,1-3H3,(H,16,18)(H,17,20);1H. The van der Waals surface area contributed by atoms with E-state index in [0.717, 1.165) is 38.4 Å². The first-order chi connectivity index (χ1) is 9.60. The number of nitrogens with one attached hydrogen (secondary N) is 2. The van der Waals surface area contributed by atoms with Gasteiger partial charge in [-0.15, -0.1) is 24.0 Å². The third kappa shape index (κ3) is 6.00. The first kappa shape index (κ1) is 18.5. The molecule has 2 rings (SSSR count). The molecule has 0 aromatic rings. The summed E-state index contributed by atoms with van der Waals surface area (Å²) in [5, 5.41) is 6.33. The van der Waals surface area contributed by atoms with Crippen LogP contribution >= 0.6 is 24.0 Å². The zero-order chi connectivity index (χ0) is 14.5. The minimum atomic E-state index is 0. The van der Waals surface area contributed by atoms with Crippen LogP contribution in [0.15, 0.2) is 4.99 Å². The number of guanidine groups is 1. The van der Waals surface area contributed by atoms with Crippen LogP contribution in [0.1, 0.15) is 33.1 Å². The van der Waals surface area contributed by atoms with Crippen molar-refractivity contribution in [2.24, 2.45) is 22.7 Å².